The van der Waals surface area contributed by atoms with E-state index in [1.165, 1.54) is 19.0 Å². The van der Waals surface area contributed by atoms with Gasteiger partial charge in [-0.2, -0.15) is 0 Å². The zero-order valence-electron chi connectivity index (χ0n) is 10.1. The Balaban J connectivity index is 1.83. The summed E-state index contributed by atoms with van der Waals surface area (Å²) in [6.07, 6.45) is 6.14. The van der Waals surface area contributed by atoms with Crippen LogP contribution in [0.15, 0.2) is 12.3 Å². The Bertz CT molecular complexity index is 483. The van der Waals surface area contributed by atoms with Gasteiger partial charge in [0.05, 0.1) is 10.6 Å². The number of nitrogen functional groups attached to an aromatic ring is 1. The molecule has 2 aliphatic rings. The van der Waals surface area contributed by atoms with Gasteiger partial charge in [0.1, 0.15) is 5.82 Å². The summed E-state index contributed by atoms with van der Waals surface area (Å²) >= 11 is 6.05. The number of rotatable bonds is 4. The number of carbonyl (C=O) groups excluding carboxylic acids is 1. The van der Waals surface area contributed by atoms with Gasteiger partial charge in [-0.3, -0.25) is 4.79 Å². The molecule has 0 radical (unpaired) electrons. The summed E-state index contributed by atoms with van der Waals surface area (Å²) in [4.78, 5) is 18.4. The van der Waals surface area contributed by atoms with Crippen LogP contribution in [0.1, 0.15) is 36.0 Å². The van der Waals surface area contributed by atoms with Crippen LogP contribution >= 0.6 is 11.6 Å². The number of halogens is 1. The van der Waals surface area contributed by atoms with Crippen molar-refractivity contribution in [2.24, 2.45) is 5.92 Å². The average molecular weight is 266 g/mol. The van der Waals surface area contributed by atoms with E-state index in [0.717, 1.165) is 19.4 Å². The van der Waals surface area contributed by atoms with E-state index in [2.05, 4.69) is 4.98 Å². The maximum Gasteiger partial charge on any atom is 0.255 e. The molecule has 0 atom stereocenters. The molecule has 2 fully saturated rings. The van der Waals surface area contributed by atoms with Gasteiger partial charge in [0, 0.05) is 18.8 Å². The molecule has 18 heavy (non-hydrogen) atoms. The number of anilines is 1. The van der Waals surface area contributed by atoms with Crippen LogP contribution in [0.2, 0.25) is 5.02 Å². The van der Waals surface area contributed by atoms with Gasteiger partial charge >= 0.3 is 0 Å². The van der Waals surface area contributed by atoms with Gasteiger partial charge in [-0.05, 0) is 37.7 Å². The summed E-state index contributed by atoms with van der Waals surface area (Å²) in [6, 6.07) is 1.98. The summed E-state index contributed by atoms with van der Waals surface area (Å²) < 4.78 is 0. The van der Waals surface area contributed by atoms with E-state index in [4.69, 9.17) is 17.3 Å². The first-order valence-electron chi connectivity index (χ1n) is 6.37. The first-order chi connectivity index (χ1) is 8.65. The third-order valence-corrected chi connectivity index (χ3v) is 3.81. The molecule has 0 unspecified atom stereocenters. The largest absolute Gasteiger partial charge is 0.384 e. The molecular formula is C13H16ClN3O. The highest BCUT2D eigenvalue weighted by molar-refractivity contribution is 6.33. The Morgan fingerprint density at radius 2 is 2.17 bits per heavy atom. The molecule has 3 rings (SSSR count). The number of hydrogen-bond donors (Lipinski definition) is 1. The Labute approximate surface area is 111 Å². The topological polar surface area (TPSA) is 59.2 Å². The number of pyridine rings is 1. The summed E-state index contributed by atoms with van der Waals surface area (Å²) in [7, 11) is 0. The standard InChI is InChI=1S/C13H16ClN3O/c14-11-6-16-12(15)5-10(11)13(18)17(9-3-4-9)7-8-1-2-8/h5-6,8-9H,1-4,7H2,(H2,15,16). The minimum Gasteiger partial charge on any atom is -0.384 e. The molecule has 2 saturated carbocycles. The van der Waals surface area contributed by atoms with Crippen molar-refractivity contribution in [1.82, 2.24) is 9.88 Å². The molecule has 0 spiro atoms. The molecule has 1 amide bonds. The molecule has 1 aromatic rings. The van der Waals surface area contributed by atoms with Crippen molar-refractivity contribution in [2.75, 3.05) is 12.3 Å². The quantitative estimate of drug-likeness (QED) is 0.909. The molecule has 0 aliphatic heterocycles. The van der Waals surface area contributed by atoms with Crippen molar-refractivity contribution >= 4 is 23.3 Å². The van der Waals surface area contributed by atoms with Crippen molar-refractivity contribution in [3.63, 3.8) is 0 Å². The van der Waals surface area contributed by atoms with Crippen LogP contribution in [0, 0.1) is 5.92 Å². The normalized spacial score (nSPS) is 18.7. The molecule has 2 aliphatic carbocycles. The van der Waals surface area contributed by atoms with Crippen molar-refractivity contribution in [2.45, 2.75) is 31.7 Å². The maximum absolute atomic E-state index is 12.5. The highest BCUT2D eigenvalue weighted by Crippen LogP contribution is 2.36. The predicted molar refractivity (Wildman–Crippen MR) is 70.4 cm³/mol. The van der Waals surface area contributed by atoms with Gasteiger partial charge in [-0.15, -0.1) is 0 Å². The maximum atomic E-state index is 12.5. The molecule has 2 N–H and O–H groups in total. The molecule has 1 aromatic heterocycles. The lowest BCUT2D eigenvalue weighted by atomic mass is 10.2. The van der Waals surface area contributed by atoms with Crippen molar-refractivity contribution < 1.29 is 4.79 Å². The van der Waals surface area contributed by atoms with Crippen molar-refractivity contribution in [3.05, 3.63) is 22.8 Å². The lowest BCUT2D eigenvalue weighted by molar-refractivity contribution is 0.0735. The van der Waals surface area contributed by atoms with Crippen molar-refractivity contribution in [3.8, 4) is 0 Å². The third kappa shape index (κ3) is 2.43. The van der Waals surface area contributed by atoms with Crippen molar-refractivity contribution in [1.29, 1.82) is 0 Å². The number of nitrogens with zero attached hydrogens (tertiary/aromatic N) is 2. The van der Waals surface area contributed by atoms with Gasteiger partial charge < -0.3 is 10.6 Å². The second kappa shape index (κ2) is 4.43. The van der Waals surface area contributed by atoms with Crippen LogP contribution in [0.4, 0.5) is 5.82 Å². The fraction of sp³-hybridized carbons (Fsp3) is 0.538. The second-order valence-electron chi connectivity index (χ2n) is 5.22. The van der Waals surface area contributed by atoms with E-state index in [1.807, 2.05) is 4.90 Å². The first kappa shape index (κ1) is 11.8. The highest BCUT2D eigenvalue weighted by atomic mass is 35.5. The first-order valence-corrected chi connectivity index (χ1v) is 6.75. The van der Waals surface area contributed by atoms with E-state index >= 15 is 0 Å². The number of nitrogens with two attached hydrogens (primary N) is 1. The minimum absolute atomic E-state index is 0.00324. The molecule has 0 bridgehead atoms. The van der Waals surface area contributed by atoms with Gasteiger partial charge in [0.2, 0.25) is 0 Å². The highest BCUT2D eigenvalue weighted by Gasteiger charge is 2.37. The van der Waals surface area contributed by atoms with E-state index in [-0.39, 0.29) is 5.91 Å². The van der Waals surface area contributed by atoms with Gasteiger partial charge in [-0.25, -0.2) is 4.98 Å². The Kier molecular flexibility index (Phi) is 2.90. The summed E-state index contributed by atoms with van der Waals surface area (Å²) in [5.41, 5.74) is 6.11. The molecule has 4 nitrogen and oxygen atoms in total. The predicted octanol–water partition coefficient (Wildman–Crippen LogP) is 2.33. The second-order valence-corrected chi connectivity index (χ2v) is 5.63. The monoisotopic (exact) mass is 265 g/mol. The van der Waals surface area contributed by atoms with Gasteiger partial charge in [0.25, 0.3) is 5.91 Å². The van der Waals surface area contributed by atoms with E-state index in [1.54, 1.807) is 6.07 Å². The Morgan fingerprint density at radius 3 is 2.78 bits per heavy atom. The SMILES string of the molecule is Nc1cc(C(=O)N(CC2CC2)C2CC2)c(Cl)cn1. The minimum atomic E-state index is 0.00324. The smallest absolute Gasteiger partial charge is 0.255 e. The molecule has 0 saturated heterocycles. The van der Waals surface area contributed by atoms with Crippen LogP contribution in [0.5, 0.6) is 0 Å². The Morgan fingerprint density at radius 1 is 1.44 bits per heavy atom. The summed E-state index contributed by atoms with van der Waals surface area (Å²) in [5, 5.41) is 0.385. The molecule has 1 heterocycles. The van der Waals surface area contributed by atoms with Gasteiger partial charge in [-0.1, -0.05) is 11.6 Å². The number of aromatic nitrogens is 1. The number of amides is 1. The summed E-state index contributed by atoms with van der Waals surface area (Å²) in [6.45, 7) is 0.863. The summed E-state index contributed by atoms with van der Waals surface area (Å²) in [5.74, 6) is 1.03. The number of hydrogen-bond acceptors (Lipinski definition) is 3. The molecular weight excluding hydrogens is 250 g/mol. The van der Waals surface area contributed by atoms with E-state index < -0.39 is 0 Å². The zero-order chi connectivity index (χ0) is 12.7. The van der Waals surface area contributed by atoms with Crippen LogP contribution in [-0.4, -0.2) is 28.4 Å². The fourth-order valence-electron chi connectivity index (χ4n) is 2.14. The average Bonchev–Trinajstić information content (AvgIpc) is 3.21. The molecule has 96 valence electrons. The fourth-order valence-corrected chi connectivity index (χ4v) is 2.32. The third-order valence-electron chi connectivity index (χ3n) is 3.51. The molecule has 5 heteroatoms. The zero-order valence-corrected chi connectivity index (χ0v) is 10.9. The van der Waals surface area contributed by atoms with Crippen LogP contribution in [0.3, 0.4) is 0 Å². The van der Waals surface area contributed by atoms with Crippen LogP contribution in [-0.2, 0) is 0 Å². The lowest BCUT2D eigenvalue weighted by Gasteiger charge is -2.22. The van der Waals surface area contributed by atoms with Gasteiger partial charge in [0.15, 0.2) is 0 Å². The Hall–Kier alpha value is -1.29. The van der Waals surface area contributed by atoms with E-state index in [0.29, 0.717) is 28.4 Å². The van der Waals surface area contributed by atoms with E-state index in [9.17, 15) is 4.79 Å². The number of carbonyl (C=O) groups is 1. The molecule has 0 aromatic carbocycles. The van der Waals surface area contributed by atoms with Crippen LogP contribution < -0.4 is 5.73 Å². The lowest BCUT2D eigenvalue weighted by Crippen LogP contribution is -2.35. The van der Waals surface area contributed by atoms with Crippen LogP contribution in [0.25, 0.3) is 0 Å².